The molecule has 1 aromatic heterocycles. The maximum absolute atomic E-state index is 12.4. The molecule has 0 amide bonds. The number of aromatic amines is 1. The maximum atomic E-state index is 12.4. The number of benzene rings is 1. The van der Waals surface area contributed by atoms with Gasteiger partial charge in [0.15, 0.2) is 0 Å². The number of aromatic nitrogens is 1. The molecule has 1 aliphatic rings. The minimum atomic E-state index is -0.595. The van der Waals surface area contributed by atoms with Crippen molar-refractivity contribution in [1.82, 2.24) is 4.98 Å². The maximum Gasteiger partial charge on any atom is 0.272 e. The third-order valence-electron chi connectivity index (χ3n) is 4.16. The second-order valence-electron chi connectivity index (χ2n) is 5.48. The van der Waals surface area contributed by atoms with E-state index in [1.165, 1.54) is 7.11 Å². The zero-order chi connectivity index (χ0) is 17.3. The second-order valence-corrected chi connectivity index (χ2v) is 5.48. The van der Waals surface area contributed by atoms with Crippen molar-refractivity contribution in [2.45, 2.75) is 18.9 Å². The number of aliphatic imine (C=N–C) groups is 1. The molecule has 24 heavy (non-hydrogen) atoms. The summed E-state index contributed by atoms with van der Waals surface area (Å²) in [4.78, 5) is 23.2. The molecule has 2 heterocycles. The van der Waals surface area contributed by atoms with Crippen LogP contribution >= 0.6 is 0 Å². The lowest BCUT2D eigenvalue weighted by atomic mass is 9.80. The smallest absolute Gasteiger partial charge is 0.272 e. The number of rotatable bonds is 2. The molecule has 0 saturated heterocycles. The second kappa shape index (κ2) is 6.02. The van der Waals surface area contributed by atoms with Crippen molar-refractivity contribution in [3.8, 4) is 11.8 Å². The van der Waals surface area contributed by atoms with Crippen molar-refractivity contribution in [2.75, 3.05) is 7.11 Å². The topological polar surface area (TPSA) is 82.6 Å². The van der Waals surface area contributed by atoms with E-state index in [1.54, 1.807) is 37.4 Å². The number of nitrogens with zero attached hydrogens (tertiary/aromatic N) is 3. The normalized spacial score (nSPS) is 18.8. The van der Waals surface area contributed by atoms with Crippen molar-refractivity contribution < 1.29 is 4.74 Å². The number of nitriles is 1. The van der Waals surface area contributed by atoms with Crippen LogP contribution in [0.1, 0.15) is 29.5 Å². The van der Waals surface area contributed by atoms with Crippen LogP contribution in [0.2, 0.25) is 0 Å². The molecule has 0 aliphatic carbocycles. The van der Waals surface area contributed by atoms with E-state index >= 15 is 0 Å². The first-order valence-electron chi connectivity index (χ1n) is 7.32. The fourth-order valence-corrected chi connectivity index (χ4v) is 3.06. The Balaban J connectivity index is 2.31. The van der Waals surface area contributed by atoms with Gasteiger partial charge >= 0.3 is 0 Å². The monoisotopic (exact) mass is 318 g/mol. The Bertz CT molecular complexity index is 976. The average molecular weight is 318 g/mol. The molecule has 0 fully saturated rings. The molecule has 118 valence electrons. The summed E-state index contributed by atoms with van der Waals surface area (Å²) in [6, 6.07) is 8.22. The summed E-state index contributed by atoms with van der Waals surface area (Å²) < 4.78 is 5.42. The van der Waals surface area contributed by atoms with Crippen LogP contribution < -0.4 is 10.3 Å². The lowest BCUT2D eigenvalue weighted by molar-refractivity contribution is 0.407. The van der Waals surface area contributed by atoms with Crippen molar-refractivity contribution in [3.05, 3.63) is 68.9 Å². The summed E-state index contributed by atoms with van der Waals surface area (Å²) in [5.74, 6) is -0.0146. The Labute approximate surface area is 138 Å². The van der Waals surface area contributed by atoms with Gasteiger partial charge in [0.2, 0.25) is 0 Å². The highest BCUT2D eigenvalue weighted by atomic mass is 16.5. The van der Waals surface area contributed by atoms with Gasteiger partial charge in [0.25, 0.3) is 11.6 Å². The third-order valence-corrected chi connectivity index (χ3v) is 4.16. The number of pyridine rings is 1. The highest BCUT2D eigenvalue weighted by Crippen LogP contribution is 2.41. The lowest BCUT2D eigenvalue weighted by Gasteiger charge is -2.25. The summed E-state index contributed by atoms with van der Waals surface area (Å²) in [6.07, 6.45) is 1.54. The van der Waals surface area contributed by atoms with Gasteiger partial charge in [0.1, 0.15) is 11.7 Å². The molecule has 0 saturated carbocycles. The predicted molar refractivity (Wildman–Crippen MR) is 89.8 cm³/mol. The molecule has 0 bridgehead atoms. The quantitative estimate of drug-likeness (QED) is 0.864. The molecule has 2 unspecified atom stereocenters. The van der Waals surface area contributed by atoms with E-state index in [2.05, 4.69) is 20.9 Å². The highest BCUT2D eigenvalue weighted by molar-refractivity contribution is 5.95. The standard InChI is InChI=1S/C18H14N4O2/c1-10-17(20-2)15(16-13(22-10)6-7-21-18(16)23)12-5-4-11(9-19)8-14(12)24-3/h4-8,15,17H,1,3H3,(H,21,23). The predicted octanol–water partition coefficient (Wildman–Crippen LogP) is 2.78. The van der Waals surface area contributed by atoms with E-state index in [0.717, 1.165) is 0 Å². The van der Waals surface area contributed by atoms with Crippen LogP contribution in [0, 0.1) is 17.9 Å². The lowest BCUT2D eigenvalue weighted by Crippen LogP contribution is -2.32. The number of nitrogens with one attached hydrogen (secondary N) is 1. The van der Waals surface area contributed by atoms with Gasteiger partial charge in [0.05, 0.1) is 35.7 Å². The van der Waals surface area contributed by atoms with Gasteiger partial charge in [-0.05, 0) is 25.1 Å². The van der Waals surface area contributed by atoms with Crippen LogP contribution in [0.5, 0.6) is 5.75 Å². The Morgan fingerprint density at radius 3 is 2.88 bits per heavy atom. The fraction of sp³-hybridized carbons (Fsp3) is 0.222. The van der Waals surface area contributed by atoms with E-state index in [4.69, 9.17) is 16.6 Å². The fourth-order valence-electron chi connectivity index (χ4n) is 3.06. The van der Waals surface area contributed by atoms with Gasteiger partial charge in [0, 0.05) is 11.8 Å². The van der Waals surface area contributed by atoms with Crippen molar-refractivity contribution >= 4 is 11.4 Å². The average Bonchev–Trinajstić information content (AvgIpc) is 2.60. The molecule has 3 rings (SSSR count). The van der Waals surface area contributed by atoms with Gasteiger partial charge in [-0.25, -0.2) is 11.6 Å². The molecule has 1 N–H and O–H groups in total. The van der Waals surface area contributed by atoms with E-state index < -0.39 is 12.0 Å². The van der Waals surface area contributed by atoms with Crippen LogP contribution in [0.3, 0.4) is 0 Å². The molecule has 0 radical (unpaired) electrons. The Kier molecular flexibility index (Phi) is 3.89. The zero-order valence-electron chi connectivity index (χ0n) is 13.2. The number of hydrogen-bond donors (Lipinski definition) is 1. The summed E-state index contributed by atoms with van der Waals surface area (Å²) in [5.41, 5.74) is 2.55. The summed E-state index contributed by atoms with van der Waals surface area (Å²) in [7, 11) is 1.51. The summed E-state index contributed by atoms with van der Waals surface area (Å²) in [6.45, 7) is 9.35. The molecule has 6 nitrogen and oxygen atoms in total. The summed E-state index contributed by atoms with van der Waals surface area (Å²) >= 11 is 0. The van der Waals surface area contributed by atoms with Crippen LogP contribution in [0.15, 0.2) is 40.2 Å². The van der Waals surface area contributed by atoms with E-state index in [1.807, 2.05) is 0 Å². The van der Waals surface area contributed by atoms with Gasteiger partial charge in [-0.3, -0.25) is 4.79 Å². The largest absolute Gasteiger partial charge is 0.496 e. The molecule has 6 heteroatoms. The van der Waals surface area contributed by atoms with Gasteiger partial charge in [-0.2, -0.15) is 5.26 Å². The number of fused-ring (bicyclic) bond motifs is 1. The molecule has 2 atom stereocenters. The molecule has 1 aliphatic heterocycles. The minimum Gasteiger partial charge on any atom is -0.496 e. The van der Waals surface area contributed by atoms with E-state index in [-0.39, 0.29) is 5.56 Å². The van der Waals surface area contributed by atoms with Crippen molar-refractivity contribution in [3.63, 3.8) is 0 Å². The van der Waals surface area contributed by atoms with E-state index in [0.29, 0.717) is 33.8 Å². The SMILES string of the molecule is [C-]#[N+]C1C(C)=Nc2cc[nH]c(=O)c2C1c1ccc(C#N)cc1OC. The van der Waals surface area contributed by atoms with Crippen LogP contribution in [0.25, 0.3) is 4.85 Å². The van der Waals surface area contributed by atoms with E-state index in [9.17, 15) is 4.79 Å². The Morgan fingerprint density at radius 1 is 1.42 bits per heavy atom. The zero-order valence-corrected chi connectivity index (χ0v) is 13.2. The minimum absolute atomic E-state index is 0.270. The Morgan fingerprint density at radius 2 is 2.21 bits per heavy atom. The first-order valence-corrected chi connectivity index (χ1v) is 7.32. The van der Waals surface area contributed by atoms with Crippen LogP contribution in [-0.4, -0.2) is 23.8 Å². The van der Waals surface area contributed by atoms with Crippen molar-refractivity contribution in [2.24, 2.45) is 4.99 Å². The number of hydrogen-bond acceptors (Lipinski definition) is 4. The molecule has 2 aromatic rings. The Hall–Kier alpha value is -3.38. The van der Waals surface area contributed by atoms with Crippen LogP contribution in [-0.2, 0) is 0 Å². The molecular formula is C18H14N4O2. The van der Waals surface area contributed by atoms with Gasteiger partial charge in [-0.1, -0.05) is 6.07 Å². The molecular weight excluding hydrogens is 304 g/mol. The number of methoxy groups -OCH3 is 1. The van der Waals surface area contributed by atoms with Crippen molar-refractivity contribution in [1.29, 1.82) is 5.26 Å². The van der Waals surface area contributed by atoms with Gasteiger partial charge in [-0.15, -0.1) is 0 Å². The first-order chi connectivity index (χ1) is 11.6. The van der Waals surface area contributed by atoms with Crippen LogP contribution in [0.4, 0.5) is 5.69 Å². The summed E-state index contributed by atoms with van der Waals surface area (Å²) in [5, 5.41) is 9.07. The highest BCUT2D eigenvalue weighted by Gasteiger charge is 2.40. The van der Waals surface area contributed by atoms with Gasteiger partial charge < -0.3 is 14.6 Å². The first kappa shape index (κ1) is 15.5. The number of H-pyrrole nitrogens is 1. The third kappa shape index (κ3) is 2.35. The number of ether oxygens (including phenoxy) is 1. The molecule has 1 aromatic carbocycles. The molecule has 0 spiro atoms.